The van der Waals surface area contributed by atoms with Crippen LogP contribution >= 0.6 is 11.8 Å². The second kappa shape index (κ2) is 5.80. The van der Waals surface area contributed by atoms with Crippen molar-refractivity contribution in [2.75, 3.05) is 18.1 Å². The molecule has 0 spiro atoms. The molecule has 0 bridgehead atoms. The van der Waals surface area contributed by atoms with Crippen molar-refractivity contribution in [1.29, 1.82) is 5.26 Å². The molecule has 0 radical (unpaired) electrons. The highest BCUT2D eigenvalue weighted by atomic mass is 32.2. The summed E-state index contributed by atoms with van der Waals surface area (Å²) in [6.45, 7) is 4.35. The molecule has 0 aliphatic rings. The van der Waals surface area contributed by atoms with Crippen molar-refractivity contribution in [1.82, 2.24) is 15.0 Å². The van der Waals surface area contributed by atoms with Gasteiger partial charge < -0.3 is 11.1 Å². The Kier molecular flexibility index (Phi) is 4.66. The third-order valence-corrected chi connectivity index (χ3v) is 2.51. The van der Waals surface area contributed by atoms with Gasteiger partial charge in [-0.05, 0) is 20.1 Å². The van der Waals surface area contributed by atoms with Crippen molar-refractivity contribution in [3.8, 4) is 6.07 Å². The van der Waals surface area contributed by atoms with Crippen LogP contribution in [0.5, 0.6) is 0 Å². The molecule has 1 rings (SSSR count). The summed E-state index contributed by atoms with van der Waals surface area (Å²) in [5, 5.41) is 12.5. The van der Waals surface area contributed by atoms with Crippen LogP contribution in [0.25, 0.3) is 0 Å². The van der Waals surface area contributed by atoms with E-state index in [-0.39, 0.29) is 0 Å². The van der Waals surface area contributed by atoms with Gasteiger partial charge in [-0.25, -0.2) is 4.98 Å². The van der Waals surface area contributed by atoms with Crippen molar-refractivity contribution >= 4 is 17.7 Å². The Bertz CT molecular complexity index is 425. The smallest absolute Gasteiger partial charge is 0.226 e. The maximum Gasteiger partial charge on any atom is 0.226 e. The molecule has 3 N–H and O–H groups in total. The van der Waals surface area contributed by atoms with Gasteiger partial charge in [0.2, 0.25) is 5.95 Å². The molecular formula is C10H16N6S. The van der Waals surface area contributed by atoms with Gasteiger partial charge >= 0.3 is 0 Å². The summed E-state index contributed by atoms with van der Waals surface area (Å²) in [4.78, 5) is 12.7. The SMILES string of the molecule is CCNc1nc(CC(C)(N)C#N)nc(SC)n1. The minimum Gasteiger partial charge on any atom is -0.354 e. The zero-order chi connectivity index (χ0) is 12.9. The Hall–Kier alpha value is -1.39. The van der Waals surface area contributed by atoms with Crippen LogP contribution in [0.3, 0.4) is 0 Å². The zero-order valence-corrected chi connectivity index (χ0v) is 11.0. The van der Waals surface area contributed by atoms with Gasteiger partial charge in [-0.15, -0.1) is 0 Å². The van der Waals surface area contributed by atoms with Gasteiger partial charge in [0, 0.05) is 13.0 Å². The van der Waals surface area contributed by atoms with Crippen LogP contribution in [-0.2, 0) is 6.42 Å². The fourth-order valence-electron chi connectivity index (χ4n) is 1.17. The lowest BCUT2D eigenvalue weighted by molar-refractivity contribution is 0.568. The lowest BCUT2D eigenvalue weighted by Gasteiger charge is -2.14. The molecule has 0 aliphatic heterocycles. The molecule has 1 heterocycles. The third kappa shape index (κ3) is 4.17. The van der Waals surface area contributed by atoms with Gasteiger partial charge in [0.25, 0.3) is 0 Å². The highest BCUT2D eigenvalue weighted by Gasteiger charge is 2.20. The van der Waals surface area contributed by atoms with Crippen LogP contribution in [0, 0.1) is 11.3 Å². The third-order valence-electron chi connectivity index (χ3n) is 1.96. The molecular weight excluding hydrogens is 236 g/mol. The van der Waals surface area contributed by atoms with Gasteiger partial charge in [-0.2, -0.15) is 15.2 Å². The number of hydrogen-bond donors (Lipinski definition) is 2. The number of nitriles is 1. The van der Waals surface area contributed by atoms with E-state index in [1.807, 2.05) is 19.2 Å². The Morgan fingerprint density at radius 2 is 2.18 bits per heavy atom. The first-order valence-corrected chi connectivity index (χ1v) is 6.46. The fourth-order valence-corrected chi connectivity index (χ4v) is 1.55. The molecule has 17 heavy (non-hydrogen) atoms. The van der Waals surface area contributed by atoms with Crippen molar-refractivity contribution in [2.24, 2.45) is 5.73 Å². The quantitative estimate of drug-likeness (QED) is 0.748. The molecule has 6 nitrogen and oxygen atoms in total. The zero-order valence-electron chi connectivity index (χ0n) is 10.2. The largest absolute Gasteiger partial charge is 0.354 e. The number of hydrogen-bond acceptors (Lipinski definition) is 7. The Balaban J connectivity index is 2.99. The van der Waals surface area contributed by atoms with Crippen LogP contribution in [0.4, 0.5) is 5.95 Å². The predicted octanol–water partition coefficient (Wildman–Crippen LogP) is 0.809. The van der Waals surface area contributed by atoms with E-state index in [2.05, 4.69) is 20.3 Å². The van der Waals surface area contributed by atoms with E-state index in [9.17, 15) is 0 Å². The fraction of sp³-hybridized carbons (Fsp3) is 0.600. The molecule has 7 heteroatoms. The maximum absolute atomic E-state index is 8.89. The molecule has 0 aliphatic carbocycles. The standard InChI is InChI=1S/C10H16N6S/c1-4-13-8-14-7(5-10(2,12)6-11)15-9(16-8)17-3/h4-5,12H2,1-3H3,(H,13,14,15,16). The van der Waals surface area contributed by atoms with E-state index < -0.39 is 5.54 Å². The Labute approximate surface area is 105 Å². The van der Waals surface area contributed by atoms with E-state index in [1.165, 1.54) is 11.8 Å². The van der Waals surface area contributed by atoms with E-state index in [4.69, 9.17) is 11.0 Å². The van der Waals surface area contributed by atoms with Gasteiger partial charge in [-0.1, -0.05) is 11.8 Å². The van der Waals surface area contributed by atoms with Gasteiger partial charge in [0.1, 0.15) is 11.4 Å². The number of nitrogens with one attached hydrogen (secondary N) is 1. The summed E-state index contributed by atoms with van der Waals surface area (Å²) in [6, 6.07) is 2.03. The molecule has 0 saturated carbocycles. The van der Waals surface area contributed by atoms with Gasteiger partial charge in [-0.3, -0.25) is 0 Å². The number of nitrogens with two attached hydrogens (primary N) is 1. The molecule has 1 atom stereocenters. The second-order valence-corrected chi connectivity index (χ2v) is 4.57. The monoisotopic (exact) mass is 252 g/mol. The maximum atomic E-state index is 8.89. The number of nitrogens with zero attached hydrogens (tertiary/aromatic N) is 4. The van der Waals surface area contributed by atoms with Crippen molar-refractivity contribution in [2.45, 2.75) is 31.0 Å². The summed E-state index contributed by atoms with van der Waals surface area (Å²) in [7, 11) is 0. The first kappa shape index (κ1) is 13.7. The normalized spacial score (nSPS) is 13.8. The van der Waals surface area contributed by atoms with Crippen molar-refractivity contribution in [3.05, 3.63) is 5.82 Å². The van der Waals surface area contributed by atoms with E-state index in [1.54, 1.807) is 6.92 Å². The Morgan fingerprint density at radius 3 is 2.71 bits per heavy atom. The van der Waals surface area contributed by atoms with Crippen LogP contribution in [-0.4, -0.2) is 33.3 Å². The summed E-state index contributed by atoms with van der Waals surface area (Å²) in [5.74, 6) is 1.06. The van der Waals surface area contributed by atoms with E-state index in [0.717, 1.165) is 6.54 Å². The van der Waals surface area contributed by atoms with Crippen molar-refractivity contribution < 1.29 is 0 Å². The number of thioether (sulfide) groups is 1. The summed E-state index contributed by atoms with van der Waals surface area (Å²) in [6.07, 6.45) is 2.19. The van der Waals surface area contributed by atoms with Crippen molar-refractivity contribution in [3.63, 3.8) is 0 Å². The molecule has 1 unspecified atom stereocenters. The average Bonchev–Trinajstić information content (AvgIpc) is 2.28. The second-order valence-electron chi connectivity index (χ2n) is 3.80. The lowest BCUT2D eigenvalue weighted by atomic mass is 10.0. The van der Waals surface area contributed by atoms with Gasteiger partial charge in [0.05, 0.1) is 6.07 Å². The molecule has 0 amide bonds. The minimum atomic E-state index is -0.958. The van der Waals surface area contributed by atoms with Crippen LogP contribution in [0.1, 0.15) is 19.7 Å². The first-order valence-electron chi connectivity index (χ1n) is 5.23. The summed E-state index contributed by atoms with van der Waals surface area (Å²) in [5.41, 5.74) is 4.82. The molecule has 92 valence electrons. The summed E-state index contributed by atoms with van der Waals surface area (Å²) < 4.78 is 0. The number of rotatable bonds is 5. The van der Waals surface area contributed by atoms with E-state index >= 15 is 0 Å². The van der Waals surface area contributed by atoms with Crippen LogP contribution in [0.15, 0.2) is 5.16 Å². The minimum absolute atomic E-state index is 0.304. The predicted molar refractivity (Wildman–Crippen MR) is 67.7 cm³/mol. The highest BCUT2D eigenvalue weighted by Crippen LogP contribution is 2.13. The highest BCUT2D eigenvalue weighted by molar-refractivity contribution is 7.98. The van der Waals surface area contributed by atoms with E-state index in [0.29, 0.717) is 23.4 Å². The number of anilines is 1. The molecule has 0 aromatic carbocycles. The topological polar surface area (TPSA) is 101 Å². The number of aromatic nitrogens is 3. The Morgan fingerprint density at radius 1 is 1.47 bits per heavy atom. The lowest BCUT2D eigenvalue weighted by Crippen LogP contribution is -2.37. The first-order chi connectivity index (χ1) is 8.00. The molecule has 0 saturated heterocycles. The van der Waals surface area contributed by atoms with Crippen LogP contribution in [0.2, 0.25) is 0 Å². The van der Waals surface area contributed by atoms with Crippen LogP contribution < -0.4 is 11.1 Å². The average molecular weight is 252 g/mol. The molecule has 1 aromatic heterocycles. The van der Waals surface area contributed by atoms with Gasteiger partial charge in [0.15, 0.2) is 5.16 Å². The molecule has 1 aromatic rings. The summed E-state index contributed by atoms with van der Waals surface area (Å²) >= 11 is 1.43. The molecule has 0 fully saturated rings.